The van der Waals surface area contributed by atoms with E-state index in [4.69, 9.17) is 0 Å². The molecule has 2 fully saturated rings. The molecular formula is C15H17N3O6S2. The zero-order valence-electron chi connectivity index (χ0n) is 13.7. The van der Waals surface area contributed by atoms with Gasteiger partial charge in [-0.2, -0.15) is 0 Å². The molecule has 0 aliphatic carbocycles. The zero-order valence-corrected chi connectivity index (χ0v) is 15.3. The molecule has 0 unspecified atom stereocenters. The number of thiophene rings is 1. The highest BCUT2D eigenvalue weighted by Crippen LogP contribution is 2.16. The molecule has 5 amide bonds. The third-order valence-electron chi connectivity index (χ3n) is 4.20. The molecule has 0 radical (unpaired) electrons. The lowest BCUT2D eigenvalue weighted by Crippen LogP contribution is -2.45. The van der Waals surface area contributed by atoms with Gasteiger partial charge in [0.15, 0.2) is 9.84 Å². The Morgan fingerprint density at radius 2 is 1.96 bits per heavy atom. The first-order valence-corrected chi connectivity index (χ1v) is 10.7. The van der Waals surface area contributed by atoms with Gasteiger partial charge in [0.2, 0.25) is 5.91 Å². The van der Waals surface area contributed by atoms with E-state index in [0.717, 1.165) is 9.78 Å². The summed E-state index contributed by atoms with van der Waals surface area (Å²) in [6.07, 6.45) is 0.726. The largest absolute Gasteiger partial charge is 0.351 e. The molecule has 0 saturated carbocycles. The van der Waals surface area contributed by atoms with Crippen molar-refractivity contribution < 1.29 is 27.6 Å². The van der Waals surface area contributed by atoms with Gasteiger partial charge in [-0.05, 0) is 17.9 Å². The number of hydrogen-bond donors (Lipinski definition) is 1. The fourth-order valence-electron chi connectivity index (χ4n) is 2.89. The Labute approximate surface area is 153 Å². The highest BCUT2D eigenvalue weighted by atomic mass is 32.2. The van der Waals surface area contributed by atoms with Crippen molar-refractivity contribution in [2.75, 3.05) is 24.6 Å². The second kappa shape index (κ2) is 7.16. The molecule has 0 aromatic carbocycles. The average Bonchev–Trinajstić information content (AvgIpc) is 3.24. The number of nitrogens with one attached hydrogen (secondary N) is 1. The normalized spacial score (nSPS) is 22.3. The van der Waals surface area contributed by atoms with Crippen LogP contribution in [0, 0.1) is 0 Å². The van der Waals surface area contributed by atoms with Gasteiger partial charge >= 0.3 is 17.8 Å². The van der Waals surface area contributed by atoms with Crippen LogP contribution < -0.4 is 5.32 Å². The van der Waals surface area contributed by atoms with Crippen LogP contribution in [0.3, 0.4) is 0 Å². The van der Waals surface area contributed by atoms with Crippen LogP contribution in [0.15, 0.2) is 17.5 Å². The highest BCUT2D eigenvalue weighted by molar-refractivity contribution is 7.91. The molecule has 11 heteroatoms. The Morgan fingerprint density at radius 1 is 1.23 bits per heavy atom. The summed E-state index contributed by atoms with van der Waals surface area (Å²) in [5.74, 6) is -2.83. The molecule has 1 N–H and O–H groups in total. The van der Waals surface area contributed by atoms with E-state index < -0.39 is 46.2 Å². The van der Waals surface area contributed by atoms with Crippen molar-refractivity contribution in [1.82, 2.24) is 15.1 Å². The van der Waals surface area contributed by atoms with E-state index in [1.807, 2.05) is 17.5 Å². The van der Waals surface area contributed by atoms with E-state index in [1.165, 1.54) is 11.3 Å². The van der Waals surface area contributed by atoms with Gasteiger partial charge in [0.25, 0.3) is 0 Å². The summed E-state index contributed by atoms with van der Waals surface area (Å²) in [6, 6.07) is 2.34. The minimum absolute atomic E-state index is 0.00545. The first-order chi connectivity index (χ1) is 12.3. The predicted molar refractivity (Wildman–Crippen MR) is 92.0 cm³/mol. The Kier molecular flexibility index (Phi) is 5.10. The first-order valence-electron chi connectivity index (χ1n) is 7.96. The summed E-state index contributed by atoms with van der Waals surface area (Å²) in [6.45, 7) is -0.543. The van der Waals surface area contributed by atoms with Crippen LogP contribution in [0.25, 0.3) is 0 Å². The maximum absolute atomic E-state index is 12.3. The molecule has 0 spiro atoms. The topological polar surface area (TPSA) is 121 Å². The lowest BCUT2D eigenvalue weighted by molar-refractivity contribution is -0.144. The summed E-state index contributed by atoms with van der Waals surface area (Å²) in [5.41, 5.74) is 0. The number of carbonyl (C=O) groups is 4. The Hall–Kier alpha value is -2.27. The maximum Gasteiger partial charge on any atom is 0.334 e. The van der Waals surface area contributed by atoms with Gasteiger partial charge in [0.05, 0.1) is 11.5 Å². The number of hydrogen-bond acceptors (Lipinski definition) is 7. The van der Waals surface area contributed by atoms with Gasteiger partial charge < -0.3 is 5.32 Å². The molecule has 0 bridgehead atoms. The third-order valence-corrected chi connectivity index (χ3v) is 6.90. The number of urea groups is 1. The van der Waals surface area contributed by atoms with Crippen LogP contribution in [-0.2, 0) is 30.6 Å². The van der Waals surface area contributed by atoms with Crippen LogP contribution >= 0.6 is 11.3 Å². The summed E-state index contributed by atoms with van der Waals surface area (Å²) in [7, 11) is -3.16. The van der Waals surface area contributed by atoms with E-state index in [1.54, 1.807) is 0 Å². The molecule has 140 valence electrons. The van der Waals surface area contributed by atoms with E-state index in [-0.39, 0.29) is 18.1 Å². The number of carbonyl (C=O) groups excluding carboxylic acids is 4. The molecule has 3 rings (SSSR count). The predicted octanol–water partition coefficient (Wildman–Crippen LogP) is -0.615. The van der Waals surface area contributed by atoms with E-state index in [2.05, 4.69) is 5.32 Å². The smallest absolute Gasteiger partial charge is 0.334 e. The minimum atomic E-state index is -3.16. The standard InChI is InChI=1S/C15H17N3O6S2/c19-12(16-10-4-7-26(23,24)9-10)8-18-14(21)13(20)17(15(18)22)5-3-11-2-1-6-25-11/h1-2,6,10H,3-5,7-9H2,(H,16,19)/t10-/m1/s1. The molecule has 1 atom stereocenters. The van der Waals surface area contributed by atoms with Crippen molar-refractivity contribution in [1.29, 1.82) is 0 Å². The SMILES string of the molecule is O=C(CN1C(=O)C(=O)N(CCc2cccs2)C1=O)N[C@@H]1CCS(=O)(=O)C1. The number of rotatable bonds is 6. The van der Waals surface area contributed by atoms with E-state index >= 15 is 0 Å². The number of imide groups is 2. The number of amides is 5. The summed E-state index contributed by atoms with van der Waals surface area (Å²) in [5, 5.41) is 4.36. The summed E-state index contributed by atoms with van der Waals surface area (Å²) < 4.78 is 22.8. The lowest BCUT2D eigenvalue weighted by atomic mass is 10.2. The quantitative estimate of drug-likeness (QED) is 0.503. The Morgan fingerprint density at radius 3 is 2.58 bits per heavy atom. The summed E-state index contributed by atoms with van der Waals surface area (Å²) >= 11 is 1.48. The van der Waals surface area contributed by atoms with Gasteiger partial charge in [-0.25, -0.2) is 18.1 Å². The van der Waals surface area contributed by atoms with Crippen molar-refractivity contribution in [3.8, 4) is 0 Å². The molecule has 1 aromatic heterocycles. The van der Waals surface area contributed by atoms with Crippen molar-refractivity contribution >= 4 is 44.9 Å². The van der Waals surface area contributed by atoms with Crippen LogP contribution in [0.5, 0.6) is 0 Å². The van der Waals surface area contributed by atoms with Gasteiger partial charge in [-0.1, -0.05) is 6.07 Å². The fourth-order valence-corrected chi connectivity index (χ4v) is 5.26. The average molecular weight is 399 g/mol. The number of nitrogens with zero attached hydrogens (tertiary/aromatic N) is 2. The monoisotopic (exact) mass is 399 g/mol. The highest BCUT2D eigenvalue weighted by Gasteiger charge is 2.45. The van der Waals surface area contributed by atoms with Crippen molar-refractivity contribution in [2.45, 2.75) is 18.9 Å². The first kappa shape index (κ1) is 18.5. The molecule has 2 aliphatic rings. The van der Waals surface area contributed by atoms with Gasteiger partial charge in [0, 0.05) is 23.9 Å². The lowest BCUT2D eigenvalue weighted by Gasteiger charge is -2.16. The second-order valence-corrected chi connectivity index (χ2v) is 9.39. The third kappa shape index (κ3) is 3.93. The van der Waals surface area contributed by atoms with E-state index in [9.17, 15) is 27.6 Å². The van der Waals surface area contributed by atoms with Gasteiger partial charge in [0.1, 0.15) is 6.54 Å². The van der Waals surface area contributed by atoms with Crippen LogP contribution in [0.4, 0.5) is 4.79 Å². The van der Waals surface area contributed by atoms with Crippen molar-refractivity contribution in [3.63, 3.8) is 0 Å². The zero-order chi connectivity index (χ0) is 18.9. The Bertz CT molecular complexity index is 849. The van der Waals surface area contributed by atoms with Gasteiger partial charge in [-0.15, -0.1) is 11.3 Å². The maximum atomic E-state index is 12.3. The van der Waals surface area contributed by atoms with Crippen molar-refractivity contribution in [2.24, 2.45) is 0 Å². The summed E-state index contributed by atoms with van der Waals surface area (Å²) in [4.78, 5) is 50.7. The Balaban J connectivity index is 1.57. The minimum Gasteiger partial charge on any atom is -0.351 e. The fraction of sp³-hybridized carbons (Fsp3) is 0.467. The molecule has 26 heavy (non-hydrogen) atoms. The number of sulfone groups is 1. The molecule has 2 aliphatic heterocycles. The molecular weight excluding hydrogens is 382 g/mol. The van der Waals surface area contributed by atoms with Crippen molar-refractivity contribution in [3.05, 3.63) is 22.4 Å². The molecule has 9 nitrogen and oxygen atoms in total. The van der Waals surface area contributed by atoms with Crippen LogP contribution in [0.1, 0.15) is 11.3 Å². The van der Waals surface area contributed by atoms with E-state index in [0.29, 0.717) is 17.7 Å². The van der Waals surface area contributed by atoms with Gasteiger partial charge in [-0.3, -0.25) is 19.3 Å². The van der Waals surface area contributed by atoms with Crippen LogP contribution in [-0.4, -0.2) is 72.6 Å². The molecule has 1 aromatic rings. The van der Waals surface area contributed by atoms with Crippen LogP contribution in [0.2, 0.25) is 0 Å². The molecule has 3 heterocycles. The molecule has 2 saturated heterocycles. The second-order valence-electron chi connectivity index (χ2n) is 6.13.